The van der Waals surface area contributed by atoms with Gasteiger partial charge in [0.2, 0.25) is 5.91 Å². The number of rotatable bonds is 7. The molecule has 1 fully saturated rings. The lowest BCUT2D eigenvalue weighted by molar-refractivity contribution is -0.132. The van der Waals surface area contributed by atoms with Gasteiger partial charge in [-0.05, 0) is 35.7 Å². The molecule has 0 radical (unpaired) electrons. The van der Waals surface area contributed by atoms with Gasteiger partial charge in [0.1, 0.15) is 16.9 Å². The number of aromatic nitrogens is 4. The Bertz CT molecular complexity index is 1580. The van der Waals surface area contributed by atoms with Crippen LogP contribution in [-0.2, 0) is 17.6 Å². The second kappa shape index (κ2) is 11.9. The van der Waals surface area contributed by atoms with Crippen molar-refractivity contribution in [3.63, 3.8) is 0 Å². The standard InChI is InChI=1S/C29H31Cl3N6O2/c1-4-36-9-11-37(12-10-36)24(39)14-19-7-5-18(6-8-19)13-23-33-28-25(29(40)34-23)26(17(2)3)35-38(28)27-21(31)15-20(30)16-22(27)32/h5-8,15-17H,4,9-14H2,1-3H3,(H,33,34,40). The highest BCUT2D eigenvalue weighted by molar-refractivity contribution is 6.40. The largest absolute Gasteiger partial charge is 0.340 e. The first-order valence-electron chi connectivity index (χ1n) is 13.4. The molecule has 0 unspecified atom stereocenters. The highest BCUT2D eigenvalue weighted by Gasteiger charge is 2.23. The first-order valence-corrected chi connectivity index (χ1v) is 14.5. The number of halogens is 3. The molecule has 1 aliphatic rings. The first kappa shape index (κ1) is 28.6. The van der Waals surface area contributed by atoms with Crippen molar-refractivity contribution in [1.29, 1.82) is 0 Å². The Kier molecular flexibility index (Phi) is 8.52. The summed E-state index contributed by atoms with van der Waals surface area (Å²) in [5, 5.41) is 6.09. The lowest BCUT2D eigenvalue weighted by Gasteiger charge is -2.34. The number of likely N-dealkylation sites (N-methyl/N-ethyl adjacent to an activating group) is 1. The highest BCUT2D eigenvalue weighted by Crippen LogP contribution is 2.34. The molecule has 1 N–H and O–H groups in total. The quantitative estimate of drug-likeness (QED) is 0.303. The number of carbonyl (C=O) groups excluding carboxylic acids is 1. The maximum atomic E-state index is 13.3. The molecule has 11 heteroatoms. The third-order valence-electron chi connectivity index (χ3n) is 7.28. The molecule has 1 saturated heterocycles. The van der Waals surface area contributed by atoms with Crippen LogP contribution in [-0.4, -0.2) is 68.2 Å². The van der Waals surface area contributed by atoms with E-state index in [9.17, 15) is 9.59 Å². The molecule has 2 aromatic carbocycles. The summed E-state index contributed by atoms with van der Waals surface area (Å²) < 4.78 is 1.53. The molecule has 3 heterocycles. The van der Waals surface area contributed by atoms with Crippen LogP contribution in [0.25, 0.3) is 16.7 Å². The van der Waals surface area contributed by atoms with Crippen LogP contribution >= 0.6 is 34.8 Å². The normalized spacial score (nSPS) is 14.4. The molecule has 0 bridgehead atoms. The number of fused-ring (bicyclic) bond motifs is 1. The van der Waals surface area contributed by atoms with Crippen molar-refractivity contribution in [2.75, 3.05) is 32.7 Å². The lowest BCUT2D eigenvalue weighted by Crippen LogP contribution is -2.48. The molecular weight excluding hydrogens is 571 g/mol. The molecule has 0 atom stereocenters. The fourth-order valence-electron chi connectivity index (χ4n) is 5.04. The molecule has 8 nitrogen and oxygen atoms in total. The Morgan fingerprint density at radius 2 is 1.62 bits per heavy atom. The van der Waals surface area contributed by atoms with E-state index in [1.54, 1.807) is 12.1 Å². The molecule has 0 spiro atoms. The molecule has 1 aliphatic heterocycles. The van der Waals surface area contributed by atoms with E-state index in [2.05, 4.69) is 21.9 Å². The minimum absolute atomic E-state index is 0.0341. The molecule has 0 saturated carbocycles. The van der Waals surface area contributed by atoms with Crippen LogP contribution in [0, 0.1) is 0 Å². The number of aromatic amines is 1. The van der Waals surface area contributed by atoms with Crippen molar-refractivity contribution in [1.82, 2.24) is 29.5 Å². The van der Waals surface area contributed by atoms with E-state index in [0.717, 1.165) is 43.9 Å². The van der Waals surface area contributed by atoms with Gasteiger partial charge in [0.25, 0.3) is 5.56 Å². The van der Waals surface area contributed by atoms with E-state index in [1.807, 2.05) is 43.0 Å². The Balaban J connectivity index is 1.40. The number of carbonyl (C=O) groups is 1. The highest BCUT2D eigenvalue weighted by atomic mass is 35.5. The van der Waals surface area contributed by atoms with Crippen molar-refractivity contribution < 1.29 is 4.79 Å². The molecule has 4 aromatic rings. The topological polar surface area (TPSA) is 87.1 Å². The molecule has 210 valence electrons. The van der Waals surface area contributed by atoms with Gasteiger partial charge in [0, 0.05) is 37.6 Å². The van der Waals surface area contributed by atoms with Crippen LogP contribution in [0.4, 0.5) is 0 Å². The number of amides is 1. The van der Waals surface area contributed by atoms with E-state index < -0.39 is 0 Å². The summed E-state index contributed by atoms with van der Waals surface area (Å²) in [6.07, 6.45) is 0.760. The Labute approximate surface area is 247 Å². The minimum Gasteiger partial charge on any atom is -0.340 e. The molecule has 5 rings (SSSR count). The summed E-state index contributed by atoms with van der Waals surface area (Å²) >= 11 is 19.1. The maximum absolute atomic E-state index is 13.3. The summed E-state index contributed by atoms with van der Waals surface area (Å²) in [7, 11) is 0. The Hall–Kier alpha value is -2.91. The minimum atomic E-state index is -0.276. The zero-order valence-electron chi connectivity index (χ0n) is 22.7. The van der Waals surface area contributed by atoms with E-state index in [0.29, 0.717) is 56.1 Å². The predicted octanol–water partition coefficient (Wildman–Crippen LogP) is 5.49. The predicted molar refractivity (Wildman–Crippen MR) is 160 cm³/mol. The number of hydrogen-bond acceptors (Lipinski definition) is 5. The molecule has 1 amide bonds. The van der Waals surface area contributed by atoms with Gasteiger partial charge < -0.3 is 14.8 Å². The lowest BCUT2D eigenvalue weighted by atomic mass is 10.1. The van der Waals surface area contributed by atoms with Crippen LogP contribution in [0.5, 0.6) is 0 Å². The second-order valence-electron chi connectivity index (χ2n) is 10.4. The Morgan fingerprint density at radius 1 is 1.00 bits per heavy atom. The van der Waals surface area contributed by atoms with Crippen LogP contribution < -0.4 is 5.56 Å². The number of H-pyrrole nitrogens is 1. The molecular formula is C29H31Cl3N6O2. The summed E-state index contributed by atoms with van der Waals surface area (Å²) in [6.45, 7) is 10.5. The SMILES string of the molecule is CCN1CCN(C(=O)Cc2ccc(Cc3nc4c(c(C(C)C)nn4-c4c(Cl)cc(Cl)cc4Cl)c(=O)[nH]3)cc2)CC1. The van der Waals surface area contributed by atoms with Crippen molar-refractivity contribution in [2.45, 2.75) is 39.5 Å². The smallest absolute Gasteiger partial charge is 0.262 e. The van der Waals surface area contributed by atoms with Crippen LogP contribution in [0.1, 0.15) is 49.3 Å². The molecule has 0 aliphatic carbocycles. The summed E-state index contributed by atoms with van der Waals surface area (Å²) in [6, 6.07) is 11.0. The Morgan fingerprint density at radius 3 is 2.23 bits per heavy atom. The maximum Gasteiger partial charge on any atom is 0.262 e. The van der Waals surface area contributed by atoms with Crippen LogP contribution in [0.2, 0.25) is 15.1 Å². The molecule has 40 heavy (non-hydrogen) atoms. The van der Waals surface area contributed by atoms with E-state index in [1.165, 1.54) is 4.68 Å². The van der Waals surface area contributed by atoms with Gasteiger partial charge in [0.05, 0.1) is 22.2 Å². The third-order valence-corrected chi connectivity index (χ3v) is 8.07. The number of hydrogen-bond donors (Lipinski definition) is 1. The van der Waals surface area contributed by atoms with E-state index in [-0.39, 0.29) is 17.4 Å². The van der Waals surface area contributed by atoms with E-state index in [4.69, 9.17) is 39.8 Å². The fraction of sp³-hybridized carbons (Fsp3) is 0.379. The molecule has 2 aromatic heterocycles. The van der Waals surface area contributed by atoms with Crippen molar-refractivity contribution in [3.05, 3.63) is 84.5 Å². The van der Waals surface area contributed by atoms with Crippen LogP contribution in [0.3, 0.4) is 0 Å². The van der Waals surface area contributed by atoms with Crippen molar-refractivity contribution in [3.8, 4) is 5.69 Å². The summed E-state index contributed by atoms with van der Waals surface area (Å²) in [4.78, 5) is 38.1. The van der Waals surface area contributed by atoms with Gasteiger partial charge in [-0.15, -0.1) is 0 Å². The number of benzene rings is 2. The second-order valence-corrected chi connectivity index (χ2v) is 11.6. The van der Waals surface area contributed by atoms with Gasteiger partial charge in [-0.25, -0.2) is 9.67 Å². The van der Waals surface area contributed by atoms with Crippen molar-refractivity contribution in [2.24, 2.45) is 0 Å². The van der Waals surface area contributed by atoms with E-state index >= 15 is 0 Å². The zero-order chi connectivity index (χ0) is 28.6. The van der Waals surface area contributed by atoms with Gasteiger partial charge in [-0.2, -0.15) is 5.10 Å². The number of piperazine rings is 1. The van der Waals surface area contributed by atoms with Crippen molar-refractivity contribution >= 4 is 51.7 Å². The zero-order valence-corrected chi connectivity index (χ0v) is 24.9. The van der Waals surface area contributed by atoms with Gasteiger partial charge in [-0.1, -0.05) is 79.8 Å². The first-order chi connectivity index (χ1) is 19.1. The van der Waals surface area contributed by atoms with Gasteiger partial charge in [-0.3, -0.25) is 9.59 Å². The fourth-order valence-corrected chi connectivity index (χ4v) is 6.02. The van der Waals surface area contributed by atoms with Crippen LogP contribution in [0.15, 0.2) is 41.2 Å². The van der Waals surface area contributed by atoms with Gasteiger partial charge >= 0.3 is 0 Å². The summed E-state index contributed by atoms with van der Waals surface area (Å²) in [5.74, 6) is 0.592. The average molecular weight is 602 g/mol. The number of nitrogens with zero attached hydrogens (tertiary/aromatic N) is 5. The van der Waals surface area contributed by atoms with Gasteiger partial charge in [0.15, 0.2) is 5.65 Å². The number of nitrogens with one attached hydrogen (secondary N) is 1. The summed E-state index contributed by atoms with van der Waals surface area (Å²) in [5.41, 5.74) is 3.02. The average Bonchev–Trinajstić information content (AvgIpc) is 3.29. The monoisotopic (exact) mass is 600 g/mol. The third kappa shape index (κ3) is 5.91.